The summed E-state index contributed by atoms with van der Waals surface area (Å²) in [4.78, 5) is 15.6. The molecule has 0 unspecified atom stereocenters. The highest BCUT2D eigenvalue weighted by atomic mass is 19.4. The van der Waals surface area contributed by atoms with E-state index in [1.165, 1.54) is 0 Å². The summed E-state index contributed by atoms with van der Waals surface area (Å²) < 4.78 is 45.1. The van der Waals surface area contributed by atoms with E-state index in [-0.39, 0.29) is 5.82 Å². The lowest BCUT2D eigenvalue weighted by Crippen LogP contribution is -2.46. The highest BCUT2D eigenvalue weighted by Crippen LogP contribution is 2.34. The lowest BCUT2D eigenvalue weighted by Gasteiger charge is -2.35. The fraction of sp³-hybridized carbons (Fsp3) is 0.353. The summed E-state index contributed by atoms with van der Waals surface area (Å²) in [7, 11) is 0. The summed E-state index contributed by atoms with van der Waals surface area (Å²) in [6.07, 6.45) is -2.49. The number of rotatable bonds is 3. The minimum Gasteiger partial charge on any atom is -0.439 e. The molecule has 1 saturated heterocycles. The van der Waals surface area contributed by atoms with Crippen molar-refractivity contribution in [3.8, 4) is 0 Å². The maximum Gasteiger partial charge on any atom is 0.421 e. The Morgan fingerprint density at radius 1 is 1.08 bits per heavy atom. The quantitative estimate of drug-likeness (QED) is 0.713. The van der Waals surface area contributed by atoms with E-state index in [2.05, 4.69) is 19.9 Å². The van der Waals surface area contributed by atoms with Crippen LogP contribution >= 0.6 is 0 Å². The molecule has 1 aromatic carbocycles. The lowest BCUT2D eigenvalue weighted by atomic mass is 10.2. The van der Waals surface area contributed by atoms with E-state index in [4.69, 9.17) is 4.42 Å². The predicted molar refractivity (Wildman–Crippen MR) is 88.5 cm³/mol. The number of benzene rings is 1. The standard InChI is InChI=1S/C17H16F3N5O/c18-17(19,20)12-9-21-11-22-16(12)25-7-5-24(6-8-25)10-15-23-13-3-1-2-4-14(13)26-15/h1-4,9,11H,5-8,10H2. The van der Waals surface area contributed by atoms with Crippen molar-refractivity contribution in [2.75, 3.05) is 31.1 Å². The number of para-hydroxylation sites is 2. The molecule has 0 amide bonds. The molecule has 0 aliphatic carbocycles. The molecule has 4 rings (SSSR count). The van der Waals surface area contributed by atoms with Crippen LogP contribution in [0.4, 0.5) is 19.0 Å². The number of fused-ring (bicyclic) bond motifs is 1. The van der Waals surface area contributed by atoms with E-state index >= 15 is 0 Å². The number of aromatic nitrogens is 3. The predicted octanol–water partition coefficient (Wildman–Crippen LogP) is 2.96. The van der Waals surface area contributed by atoms with Crippen LogP contribution in [0.5, 0.6) is 0 Å². The van der Waals surface area contributed by atoms with Crippen molar-refractivity contribution in [2.45, 2.75) is 12.7 Å². The highest BCUT2D eigenvalue weighted by molar-refractivity contribution is 5.72. The van der Waals surface area contributed by atoms with Crippen molar-refractivity contribution in [2.24, 2.45) is 0 Å². The van der Waals surface area contributed by atoms with Gasteiger partial charge in [-0.1, -0.05) is 12.1 Å². The number of alkyl halides is 3. The Morgan fingerprint density at radius 2 is 1.85 bits per heavy atom. The third kappa shape index (κ3) is 3.34. The van der Waals surface area contributed by atoms with Crippen LogP contribution in [0.1, 0.15) is 11.5 Å². The molecule has 1 aliphatic heterocycles. The molecule has 2 aromatic heterocycles. The largest absolute Gasteiger partial charge is 0.439 e. The summed E-state index contributed by atoms with van der Waals surface area (Å²) in [5.74, 6) is 0.548. The van der Waals surface area contributed by atoms with Crippen molar-refractivity contribution < 1.29 is 17.6 Å². The monoisotopic (exact) mass is 363 g/mol. The summed E-state index contributed by atoms with van der Waals surface area (Å²) in [6, 6.07) is 7.52. The minimum absolute atomic E-state index is 0.0611. The van der Waals surface area contributed by atoms with Crippen LogP contribution < -0.4 is 4.90 Å². The number of piperazine rings is 1. The molecular weight excluding hydrogens is 347 g/mol. The Labute approximate surface area is 147 Å². The molecular formula is C17H16F3N5O. The van der Waals surface area contributed by atoms with Gasteiger partial charge in [0.15, 0.2) is 5.58 Å². The smallest absolute Gasteiger partial charge is 0.421 e. The SMILES string of the molecule is FC(F)(F)c1cncnc1N1CCN(Cc2nc3ccccc3o2)CC1. The van der Waals surface area contributed by atoms with Gasteiger partial charge in [-0.15, -0.1) is 0 Å². The zero-order valence-electron chi connectivity index (χ0n) is 13.8. The van der Waals surface area contributed by atoms with Gasteiger partial charge in [0.25, 0.3) is 0 Å². The summed E-state index contributed by atoms with van der Waals surface area (Å²) in [5, 5.41) is 0. The molecule has 0 bridgehead atoms. The summed E-state index contributed by atoms with van der Waals surface area (Å²) in [5.41, 5.74) is 0.737. The van der Waals surface area contributed by atoms with E-state index in [9.17, 15) is 13.2 Å². The number of nitrogens with zero attached hydrogens (tertiary/aromatic N) is 5. The molecule has 0 atom stereocenters. The zero-order valence-corrected chi connectivity index (χ0v) is 13.8. The van der Waals surface area contributed by atoms with Crippen LogP contribution in [0.2, 0.25) is 0 Å². The van der Waals surface area contributed by atoms with Gasteiger partial charge in [0.2, 0.25) is 5.89 Å². The zero-order chi connectivity index (χ0) is 18.1. The normalized spacial score (nSPS) is 16.3. The van der Waals surface area contributed by atoms with Gasteiger partial charge in [0, 0.05) is 32.4 Å². The molecule has 0 saturated carbocycles. The first-order valence-corrected chi connectivity index (χ1v) is 8.19. The van der Waals surface area contributed by atoms with Crippen LogP contribution in [0, 0.1) is 0 Å². The number of hydrogen-bond acceptors (Lipinski definition) is 6. The van der Waals surface area contributed by atoms with Gasteiger partial charge < -0.3 is 9.32 Å². The van der Waals surface area contributed by atoms with Gasteiger partial charge in [-0.2, -0.15) is 13.2 Å². The number of halogens is 3. The Morgan fingerprint density at radius 3 is 2.58 bits per heavy atom. The van der Waals surface area contributed by atoms with Gasteiger partial charge in [-0.3, -0.25) is 4.90 Å². The molecule has 1 aliphatic rings. The van der Waals surface area contributed by atoms with Crippen molar-refractivity contribution in [1.29, 1.82) is 0 Å². The summed E-state index contributed by atoms with van der Waals surface area (Å²) >= 11 is 0. The van der Waals surface area contributed by atoms with Crippen molar-refractivity contribution in [3.63, 3.8) is 0 Å². The van der Waals surface area contributed by atoms with Gasteiger partial charge in [0.05, 0.1) is 6.54 Å². The second-order valence-electron chi connectivity index (χ2n) is 6.10. The fourth-order valence-corrected chi connectivity index (χ4v) is 3.07. The number of oxazole rings is 1. The van der Waals surface area contributed by atoms with Gasteiger partial charge in [-0.25, -0.2) is 15.0 Å². The van der Waals surface area contributed by atoms with Gasteiger partial charge >= 0.3 is 6.18 Å². The second-order valence-corrected chi connectivity index (χ2v) is 6.10. The minimum atomic E-state index is -4.47. The number of hydrogen-bond donors (Lipinski definition) is 0. The molecule has 0 N–H and O–H groups in total. The molecule has 0 spiro atoms. The van der Waals surface area contributed by atoms with E-state index in [0.717, 1.165) is 23.6 Å². The van der Waals surface area contributed by atoms with Crippen LogP contribution in [-0.2, 0) is 12.7 Å². The average Bonchev–Trinajstić information content (AvgIpc) is 3.04. The third-order valence-electron chi connectivity index (χ3n) is 4.37. The van der Waals surface area contributed by atoms with Crippen LogP contribution in [0.3, 0.4) is 0 Å². The maximum absolute atomic E-state index is 13.1. The number of anilines is 1. The Hall–Kier alpha value is -2.68. The summed E-state index contributed by atoms with van der Waals surface area (Å²) in [6.45, 7) is 2.61. The van der Waals surface area contributed by atoms with E-state index in [1.807, 2.05) is 24.3 Å². The first kappa shape index (κ1) is 16.8. The Kier molecular flexibility index (Phi) is 4.23. The second kappa shape index (κ2) is 6.56. The topological polar surface area (TPSA) is 58.3 Å². The third-order valence-corrected chi connectivity index (χ3v) is 4.37. The van der Waals surface area contributed by atoms with Crippen molar-refractivity contribution >= 4 is 16.9 Å². The molecule has 26 heavy (non-hydrogen) atoms. The Balaban J connectivity index is 1.43. The molecule has 136 valence electrons. The highest BCUT2D eigenvalue weighted by Gasteiger charge is 2.36. The van der Waals surface area contributed by atoms with Gasteiger partial charge in [0.1, 0.15) is 23.2 Å². The van der Waals surface area contributed by atoms with Crippen molar-refractivity contribution in [3.05, 3.63) is 48.2 Å². The average molecular weight is 363 g/mol. The van der Waals surface area contributed by atoms with Crippen LogP contribution in [-0.4, -0.2) is 46.0 Å². The molecule has 0 radical (unpaired) electrons. The van der Waals surface area contributed by atoms with Crippen LogP contribution in [0.25, 0.3) is 11.1 Å². The van der Waals surface area contributed by atoms with Crippen molar-refractivity contribution in [1.82, 2.24) is 19.9 Å². The molecule has 1 fully saturated rings. The first-order chi connectivity index (χ1) is 12.5. The first-order valence-electron chi connectivity index (χ1n) is 8.19. The molecule has 3 heterocycles. The van der Waals surface area contributed by atoms with Gasteiger partial charge in [-0.05, 0) is 12.1 Å². The maximum atomic E-state index is 13.1. The molecule has 3 aromatic rings. The molecule has 9 heteroatoms. The lowest BCUT2D eigenvalue weighted by molar-refractivity contribution is -0.137. The van der Waals surface area contributed by atoms with E-state index in [0.29, 0.717) is 38.6 Å². The van der Waals surface area contributed by atoms with E-state index < -0.39 is 11.7 Å². The Bertz CT molecular complexity index is 870. The van der Waals surface area contributed by atoms with Crippen LogP contribution in [0.15, 0.2) is 41.2 Å². The van der Waals surface area contributed by atoms with E-state index in [1.54, 1.807) is 4.90 Å². The fourth-order valence-electron chi connectivity index (χ4n) is 3.07. The molecule has 6 nitrogen and oxygen atoms in total.